The minimum Gasteiger partial charge on any atom is -0.356 e. The van der Waals surface area contributed by atoms with Crippen LogP contribution in [0.5, 0.6) is 0 Å². The Morgan fingerprint density at radius 2 is 0.932 bits per heavy atom. The highest BCUT2D eigenvalue weighted by molar-refractivity contribution is 5.76. The first-order valence-corrected chi connectivity index (χ1v) is 19.1. The molecule has 0 fully saturated rings. The van der Waals surface area contributed by atoms with E-state index in [0.29, 0.717) is 12.8 Å². The molecular formula is C40H74N2O2. The van der Waals surface area contributed by atoms with E-state index < -0.39 is 0 Å². The van der Waals surface area contributed by atoms with Crippen molar-refractivity contribution in [3.05, 3.63) is 36.5 Å². The van der Waals surface area contributed by atoms with Gasteiger partial charge >= 0.3 is 0 Å². The van der Waals surface area contributed by atoms with E-state index >= 15 is 0 Å². The average molecular weight is 615 g/mol. The van der Waals surface area contributed by atoms with Crippen LogP contribution in [0.3, 0.4) is 0 Å². The van der Waals surface area contributed by atoms with Gasteiger partial charge in [0, 0.05) is 25.4 Å². The number of amides is 2. The summed E-state index contributed by atoms with van der Waals surface area (Å²) in [5, 5.41) is 6.21. The minimum atomic E-state index is 0.165. The Balaban J connectivity index is 3.48. The quantitative estimate of drug-likeness (QED) is 0.0570. The topological polar surface area (TPSA) is 58.2 Å². The van der Waals surface area contributed by atoms with Gasteiger partial charge in [0.25, 0.3) is 0 Å². The predicted molar refractivity (Wildman–Crippen MR) is 194 cm³/mol. The molecule has 0 saturated heterocycles. The van der Waals surface area contributed by atoms with Crippen LogP contribution < -0.4 is 10.6 Å². The number of rotatable bonds is 33. The zero-order valence-corrected chi connectivity index (χ0v) is 29.7. The predicted octanol–water partition coefficient (Wildman–Crippen LogP) is 11.8. The van der Waals surface area contributed by atoms with Crippen LogP contribution in [0.2, 0.25) is 0 Å². The van der Waals surface area contributed by atoms with Gasteiger partial charge in [-0.3, -0.25) is 9.59 Å². The molecule has 0 rings (SSSR count). The zero-order valence-electron chi connectivity index (χ0n) is 29.7. The molecule has 0 aromatic heterocycles. The maximum atomic E-state index is 12.2. The van der Waals surface area contributed by atoms with Crippen molar-refractivity contribution in [1.82, 2.24) is 10.6 Å². The lowest BCUT2D eigenvalue weighted by molar-refractivity contribution is -0.122. The van der Waals surface area contributed by atoms with Gasteiger partial charge in [0.05, 0.1) is 0 Å². The monoisotopic (exact) mass is 615 g/mol. The highest BCUT2D eigenvalue weighted by Crippen LogP contribution is 2.13. The van der Waals surface area contributed by atoms with E-state index in [-0.39, 0.29) is 17.9 Å². The van der Waals surface area contributed by atoms with Gasteiger partial charge in [0.2, 0.25) is 11.8 Å². The van der Waals surface area contributed by atoms with Crippen molar-refractivity contribution in [1.29, 1.82) is 0 Å². The third kappa shape index (κ3) is 34.6. The van der Waals surface area contributed by atoms with E-state index in [0.717, 1.165) is 64.3 Å². The number of hydrogen-bond acceptors (Lipinski definition) is 2. The van der Waals surface area contributed by atoms with E-state index in [1.807, 2.05) is 0 Å². The fraction of sp³-hybridized carbons (Fsp3) is 0.800. The van der Waals surface area contributed by atoms with Crippen molar-refractivity contribution in [2.75, 3.05) is 6.54 Å². The van der Waals surface area contributed by atoms with Gasteiger partial charge in [0.1, 0.15) is 0 Å². The van der Waals surface area contributed by atoms with Gasteiger partial charge in [-0.05, 0) is 77.6 Å². The molecule has 1 atom stereocenters. The third-order valence-corrected chi connectivity index (χ3v) is 8.34. The number of carbonyl (C=O) groups excluding carboxylic acids is 2. The van der Waals surface area contributed by atoms with Crippen molar-refractivity contribution in [3.8, 4) is 0 Å². The van der Waals surface area contributed by atoms with Crippen LogP contribution in [0, 0.1) is 0 Å². The molecule has 0 saturated carbocycles. The van der Waals surface area contributed by atoms with Crippen LogP contribution in [0.15, 0.2) is 36.5 Å². The highest BCUT2D eigenvalue weighted by Gasteiger charge is 2.07. The molecule has 0 aliphatic heterocycles. The normalized spacial score (nSPS) is 12.5. The van der Waals surface area contributed by atoms with Crippen molar-refractivity contribution in [2.24, 2.45) is 0 Å². The average Bonchev–Trinajstić information content (AvgIpc) is 3.01. The Morgan fingerprint density at radius 3 is 1.50 bits per heavy atom. The fourth-order valence-electron chi connectivity index (χ4n) is 5.45. The summed E-state index contributed by atoms with van der Waals surface area (Å²) in [6, 6.07) is 0.196. The smallest absolute Gasteiger partial charge is 0.220 e. The van der Waals surface area contributed by atoms with Crippen LogP contribution in [-0.4, -0.2) is 24.4 Å². The van der Waals surface area contributed by atoms with Gasteiger partial charge in [-0.2, -0.15) is 0 Å². The molecule has 0 aliphatic rings. The zero-order chi connectivity index (χ0) is 32.2. The van der Waals surface area contributed by atoms with E-state index in [9.17, 15) is 9.59 Å². The molecule has 0 aromatic rings. The molecule has 4 heteroatoms. The molecule has 0 heterocycles. The number of carbonyl (C=O) groups is 2. The fourth-order valence-corrected chi connectivity index (χ4v) is 5.45. The lowest BCUT2D eigenvalue weighted by Gasteiger charge is -2.14. The molecule has 0 radical (unpaired) electrons. The number of nitrogens with one attached hydrogen (secondary N) is 2. The van der Waals surface area contributed by atoms with Crippen LogP contribution in [0.4, 0.5) is 0 Å². The summed E-state index contributed by atoms with van der Waals surface area (Å²) >= 11 is 0. The molecule has 0 spiro atoms. The summed E-state index contributed by atoms with van der Waals surface area (Å²) in [5.41, 5.74) is 0. The standard InChI is InChI=1S/C40H74N2O2/c1-4-6-8-10-12-14-16-18-19-21-23-25-27-29-31-36-40(44)42-38(3)34-32-33-37-41-39(43)35-30-28-26-24-22-20-17-15-13-11-9-7-5-2/h12,14,18-19,23,25,38H,4-11,13,15-17,20-22,24,26-37H2,1-3H3,(H,41,43)(H,42,44)/b14-12-,19-18-,25-23-/t38-/m1/s1. The lowest BCUT2D eigenvalue weighted by atomic mass is 10.0. The molecule has 44 heavy (non-hydrogen) atoms. The van der Waals surface area contributed by atoms with Crippen molar-refractivity contribution in [2.45, 2.75) is 200 Å². The highest BCUT2D eigenvalue weighted by atomic mass is 16.2. The van der Waals surface area contributed by atoms with Gasteiger partial charge in [0.15, 0.2) is 0 Å². The van der Waals surface area contributed by atoms with Gasteiger partial charge in [-0.15, -0.1) is 0 Å². The molecule has 0 aromatic carbocycles. The largest absolute Gasteiger partial charge is 0.356 e. The second-order valence-electron chi connectivity index (χ2n) is 12.9. The molecular weight excluding hydrogens is 540 g/mol. The Hall–Kier alpha value is -1.84. The molecule has 0 unspecified atom stereocenters. The molecule has 2 N–H and O–H groups in total. The van der Waals surface area contributed by atoms with Crippen LogP contribution >= 0.6 is 0 Å². The van der Waals surface area contributed by atoms with Crippen LogP contribution in [0.1, 0.15) is 194 Å². The molecule has 256 valence electrons. The maximum Gasteiger partial charge on any atom is 0.220 e. The minimum absolute atomic E-state index is 0.165. The van der Waals surface area contributed by atoms with Crippen LogP contribution in [-0.2, 0) is 9.59 Å². The molecule has 0 bridgehead atoms. The first kappa shape index (κ1) is 42.2. The Morgan fingerprint density at radius 1 is 0.500 bits per heavy atom. The summed E-state index contributed by atoms with van der Waals surface area (Å²) in [6.45, 7) is 7.35. The molecule has 2 amide bonds. The van der Waals surface area contributed by atoms with Gasteiger partial charge in [-0.1, -0.05) is 140 Å². The first-order valence-electron chi connectivity index (χ1n) is 19.1. The van der Waals surface area contributed by atoms with Crippen molar-refractivity contribution >= 4 is 11.8 Å². The number of unbranched alkanes of at least 4 members (excludes halogenated alkanes) is 18. The van der Waals surface area contributed by atoms with Crippen molar-refractivity contribution in [3.63, 3.8) is 0 Å². The number of hydrogen-bond donors (Lipinski definition) is 2. The van der Waals surface area contributed by atoms with Crippen LogP contribution in [0.25, 0.3) is 0 Å². The first-order chi connectivity index (χ1) is 21.6. The second-order valence-corrected chi connectivity index (χ2v) is 12.9. The van der Waals surface area contributed by atoms with Crippen molar-refractivity contribution < 1.29 is 9.59 Å². The summed E-state index contributed by atoms with van der Waals surface area (Å²) in [6.07, 6.45) is 45.2. The van der Waals surface area contributed by atoms with E-state index in [4.69, 9.17) is 0 Å². The summed E-state index contributed by atoms with van der Waals surface area (Å²) in [5.74, 6) is 0.361. The summed E-state index contributed by atoms with van der Waals surface area (Å²) < 4.78 is 0. The van der Waals surface area contributed by atoms with Gasteiger partial charge in [-0.25, -0.2) is 0 Å². The van der Waals surface area contributed by atoms with E-state index in [1.54, 1.807) is 0 Å². The summed E-state index contributed by atoms with van der Waals surface area (Å²) in [4.78, 5) is 24.3. The van der Waals surface area contributed by atoms with E-state index in [2.05, 4.69) is 67.9 Å². The molecule has 4 nitrogen and oxygen atoms in total. The SMILES string of the molecule is CCCCC/C=C\C/C=C\C/C=C\CCCCC(=O)N[C@H](C)CCCCNC(=O)CCCCCCCCCCCCCCC. The Kier molecular flexibility index (Phi) is 34.1. The Labute approximate surface area is 274 Å². The lowest BCUT2D eigenvalue weighted by Crippen LogP contribution is -2.32. The third-order valence-electron chi connectivity index (χ3n) is 8.34. The second kappa shape index (κ2) is 35.6. The summed E-state index contributed by atoms with van der Waals surface area (Å²) in [7, 11) is 0. The molecule has 0 aliphatic carbocycles. The Bertz CT molecular complexity index is 712. The number of allylic oxidation sites excluding steroid dienone is 6. The van der Waals surface area contributed by atoms with Gasteiger partial charge < -0.3 is 10.6 Å². The van der Waals surface area contributed by atoms with E-state index in [1.165, 1.54) is 103 Å². The maximum absolute atomic E-state index is 12.2.